The lowest BCUT2D eigenvalue weighted by molar-refractivity contribution is -0.121. The summed E-state index contributed by atoms with van der Waals surface area (Å²) >= 11 is 0. The average molecular weight is 388 g/mol. The van der Waals surface area contributed by atoms with Crippen molar-refractivity contribution in [3.05, 3.63) is 95.6 Å². The molecular weight excluding hydrogens is 364 g/mol. The molecule has 0 spiro atoms. The highest BCUT2D eigenvalue weighted by Gasteiger charge is 2.22. The largest absolute Gasteiger partial charge is 0.493 e. The Bertz CT molecular complexity index is 946. The molecule has 5 heteroatoms. The third-order valence-corrected chi connectivity index (χ3v) is 4.66. The number of hydrazone groups is 1. The van der Waals surface area contributed by atoms with Gasteiger partial charge in [-0.05, 0) is 36.2 Å². The number of methoxy groups -OCH3 is 2. The van der Waals surface area contributed by atoms with E-state index in [4.69, 9.17) is 9.47 Å². The molecule has 0 atom stereocenters. The number of carbonyl (C=O) groups is 1. The highest BCUT2D eigenvalue weighted by molar-refractivity contribution is 6.00. The Hall–Kier alpha value is -3.60. The van der Waals surface area contributed by atoms with Gasteiger partial charge in [0.1, 0.15) is 0 Å². The number of nitrogens with zero attached hydrogens (tertiary/aromatic N) is 1. The molecule has 0 aliphatic carbocycles. The molecule has 1 amide bonds. The van der Waals surface area contributed by atoms with Gasteiger partial charge in [0.15, 0.2) is 11.5 Å². The van der Waals surface area contributed by atoms with Crippen LogP contribution in [0.1, 0.15) is 29.5 Å². The second-order valence-corrected chi connectivity index (χ2v) is 6.50. The van der Waals surface area contributed by atoms with E-state index in [0.717, 1.165) is 16.7 Å². The van der Waals surface area contributed by atoms with Crippen LogP contribution in [0.2, 0.25) is 0 Å². The van der Waals surface area contributed by atoms with E-state index in [1.54, 1.807) is 14.2 Å². The van der Waals surface area contributed by atoms with Crippen LogP contribution in [-0.2, 0) is 4.79 Å². The standard InChI is InChI=1S/C24H24N2O3/c1-17(20-14-15-21(28-2)22(16-20)29-3)25-26-24(27)23(18-10-6-4-7-11-18)19-12-8-5-9-13-19/h4-16,23H,1-3H3,(H,26,27)/b25-17-. The summed E-state index contributed by atoms with van der Waals surface area (Å²) in [4.78, 5) is 13.0. The van der Waals surface area contributed by atoms with Gasteiger partial charge in [0, 0.05) is 5.56 Å². The molecule has 0 aliphatic rings. The Morgan fingerprint density at radius 3 is 1.90 bits per heavy atom. The lowest BCUT2D eigenvalue weighted by Gasteiger charge is -2.16. The minimum atomic E-state index is -0.445. The molecule has 148 valence electrons. The van der Waals surface area contributed by atoms with Crippen LogP contribution in [0.15, 0.2) is 84.0 Å². The molecule has 5 nitrogen and oxygen atoms in total. The van der Waals surface area contributed by atoms with Crippen LogP contribution in [0.3, 0.4) is 0 Å². The first-order valence-electron chi connectivity index (χ1n) is 9.30. The van der Waals surface area contributed by atoms with Gasteiger partial charge in [-0.1, -0.05) is 60.7 Å². The molecule has 3 rings (SSSR count). The molecule has 29 heavy (non-hydrogen) atoms. The van der Waals surface area contributed by atoms with Crippen molar-refractivity contribution in [1.29, 1.82) is 0 Å². The maximum Gasteiger partial charge on any atom is 0.252 e. The van der Waals surface area contributed by atoms with E-state index < -0.39 is 5.92 Å². The minimum absolute atomic E-state index is 0.192. The Morgan fingerprint density at radius 2 is 1.38 bits per heavy atom. The molecule has 0 heterocycles. The van der Waals surface area contributed by atoms with E-state index in [9.17, 15) is 4.79 Å². The van der Waals surface area contributed by atoms with Crippen LogP contribution in [-0.4, -0.2) is 25.8 Å². The van der Waals surface area contributed by atoms with Crippen molar-refractivity contribution >= 4 is 11.6 Å². The molecule has 3 aromatic carbocycles. The van der Waals surface area contributed by atoms with Gasteiger partial charge in [-0.2, -0.15) is 5.10 Å². The van der Waals surface area contributed by atoms with Gasteiger partial charge < -0.3 is 9.47 Å². The molecule has 0 bridgehead atoms. The molecule has 0 unspecified atom stereocenters. The number of hydrogen-bond donors (Lipinski definition) is 1. The van der Waals surface area contributed by atoms with E-state index in [1.165, 1.54) is 0 Å². The van der Waals surface area contributed by atoms with Crippen molar-refractivity contribution in [1.82, 2.24) is 5.43 Å². The number of carbonyl (C=O) groups excluding carboxylic acids is 1. The Morgan fingerprint density at radius 1 is 0.828 bits per heavy atom. The summed E-state index contributed by atoms with van der Waals surface area (Å²) in [5.74, 6) is 0.611. The summed E-state index contributed by atoms with van der Waals surface area (Å²) in [6.45, 7) is 1.83. The second kappa shape index (κ2) is 9.55. The molecule has 0 fully saturated rings. The SMILES string of the molecule is COc1ccc(/C(C)=N\NC(=O)C(c2ccccc2)c2ccccc2)cc1OC. The number of amides is 1. The molecule has 0 saturated heterocycles. The first-order chi connectivity index (χ1) is 14.1. The first-order valence-corrected chi connectivity index (χ1v) is 9.30. The average Bonchev–Trinajstić information content (AvgIpc) is 2.78. The smallest absolute Gasteiger partial charge is 0.252 e. The van der Waals surface area contributed by atoms with Gasteiger partial charge in [-0.3, -0.25) is 4.79 Å². The van der Waals surface area contributed by atoms with E-state index in [-0.39, 0.29) is 5.91 Å². The fraction of sp³-hybridized carbons (Fsp3) is 0.167. The summed E-state index contributed by atoms with van der Waals surface area (Å²) in [7, 11) is 3.17. The fourth-order valence-electron chi connectivity index (χ4n) is 3.12. The van der Waals surface area contributed by atoms with E-state index in [1.807, 2.05) is 85.8 Å². The normalized spacial score (nSPS) is 11.2. The molecule has 0 radical (unpaired) electrons. The second-order valence-electron chi connectivity index (χ2n) is 6.50. The van der Waals surface area contributed by atoms with Gasteiger partial charge in [0.2, 0.25) is 0 Å². The Kier molecular flexibility index (Phi) is 6.63. The highest BCUT2D eigenvalue weighted by Crippen LogP contribution is 2.28. The van der Waals surface area contributed by atoms with Crippen LogP contribution in [0.4, 0.5) is 0 Å². The third kappa shape index (κ3) is 4.82. The maximum atomic E-state index is 13.0. The number of nitrogens with one attached hydrogen (secondary N) is 1. The predicted octanol–water partition coefficient (Wildman–Crippen LogP) is 4.38. The first kappa shape index (κ1) is 20.1. The van der Waals surface area contributed by atoms with Gasteiger partial charge in [-0.25, -0.2) is 5.43 Å². The lowest BCUT2D eigenvalue weighted by Crippen LogP contribution is -2.27. The van der Waals surface area contributed by atoms with Crippen LogP contribution >= 0.6 is 0 Å². The van der Waals surface area contributed by atoms with Crippen molar-refractivity contribution in [2.45, 2.75) is 12.8 Å². The number of rotatable bonds is 7. The maximum absolute atomic E-state index is 13.0. The zero-order valence-electron chi connectivity index (χ0n) is 16.8. The summed E-state index contributed by atoms with van der Waals surface area (Å²) < 4.78 is 10.6. The van der Waals surface area contributed by atoms with Gasteiger partial charge in [-0.15, -0.1) is 0 Å². The molecule has 0 saturated carbocycles. The molecule has 0 aliphatic heterocycles. The van der Waals surface area contributed by atoms with Crippen molar-refractivity contribution < 1.29 is 14.3 Å². The van der Waals surface area contributed by atoms with Crippen LogP contribution in [0, 0.1) is 0 Å². The Labute approximate surface area is 171 Å². The monoisotopic (exact) mass is 388 g/mol. The van der Waals surface area contributed by atoms with Crippen LogP contribution in [0.25, 0.3) is 0 Å². The fourth-order valence-corrected chi connectivity index (χ4v) is 3.12. The quantitative estimate of drug-likeness (QED) is 0.483. The molecule has 0 aromatic heterocycles. The van der Waals surface area contributed by atoms with Gasteiger partial charge in [0.25, 0.3) is 5.91 Å². The molecule has 3 aromatic rings. The number of benzene rings is 3. The summed E-state index contributed by atoms with van der Waals surface area (Å²) in [6.07, 6.45) is 0. The Balaban J connectivity index is 1.85. The molecule has 1 N–H and O–H groups in total. The summed E-state index contributed by atoms with van der Waals surface area (Å²) in [5, 5.41) is 4.32. The van der Waals surface area contributed by atoms with E-state index in [2.05, 4.69) is 10.5 Å². The van der Waals surface area contributed by atoms with Crippen molar-refractivity contribution in [2.24, 2.45) is 5.10 Å². The number of ether oxygens (including phenoxy) is 2. The zero-order chi connectivity index (χ0) is 20.6. The van der Waals surface area contributed by atoms with Crippen molar-refractivity contribution in [3.63, 3.8) is 0 Å². The van der Waals surface area contributed by atoms with Crippen LogP contribution in [0.5, 0.6) is 11.5 Å². The topological polar surface area (TPSA) is 59.9 Å². The molecular formula is C24H24N2O3. The van der Waals surface area contributed by atoms with E-state index >= 15 is 0 Å². The predicted molar refractivity (Wildman–Crippen MR) is 115 cm³/mol. The third-order valence-electron chi connectivity index (χ3n) is 4.66. The van der Waals surface area contributed by atoms with Gasteiger partial charge in [0.05, 0.1) is 25.8 Å². The number of hydrogen-bond acceptors (Lipinski definition) is 4. The summed E-state index contributed by atoms with van der Waals surface area (Å²) in [5.41, 5.74) is 6.04. The zero-order valence-corrected chi connectivity index (χ0v) is 16.8. The lowest BCUT2D eigenvalue weighted by atomic mass is 9.91. The van der Waals surface area contributed by atoms with E-state index in [0.29, 0.717) is 17.2 Å². The van der Waals surface area contributed by atoms with Crippen molar-refractivity contribution in [3.8, 4) is 11.5 Å². The highest BCUT2D eigenvalue weighted by atomic mass is 16.5. The van der Waals surface area contributed by atoms with Crippen molar-refractivity contribution in [2.75, 3.05) is 14.2 Å². The van der Waals surface area contributed by atoms with Crippen LogP contribution < -0.4 is 14.9 Å². The minimum Gasteiger partial charge on any atom is -0.493 e. The summed E-state index contributed by atoms with van der Waals surface area (Å²) in [6, 6.07) is 24.9. The van der Waals surface area contributed by atoms with Gasteiger partial charge >= 0.3 is 0 Å².